The highest BCUT2D eigenvalue weighted by molar-refractivity contribution is 5.25. The van der Waals surface area contributed by atoms with Crippen LogP contribution >= 0.6 is 0 Å². The summed E-state index contributed by atoms with van der Waals surface area (Å²) in [5.41, 5.74) is 1.23. The Hall–Kier alpha value is -2.43. The second-order valence-electron chi connectivity index (χ2n) is 4.30. The van der Waals surface area contributed by atoms with Gasteiger partial charge >= 0.3 is 0 Å². The molecule has 0 fully saturated rings. The van der Waals surface area contributed by atoms with E-state index in [1.807, 2.05) is 16.7 Å². The van der Waals surface area contributed by atoms with Gasteiger partial charge in [-0.05, 0) is 12.0 Å². The minimum absolute atomic E-state index is 0.0218. The highest BCUT2D eigenvalue weighted by Crippen LogP contribution is 2.09. The molecule has 0 radical (unpaired) electrons. The molecule has 2 aromatic rings. The van der Waals surface area contributed by atoms with E-state index in [0.717, 1.165) is 24.9 Å². The number of rotatable bonds is 5. The average Bonchev–Trinajstić information content (AvgIpc) is 2.41. The normalized spacial score (nSPS) is 10.3. The Kier molecular flexibility index (Phi) is 4.07. The Balaban J connectivity index is 1.85. The lowest BCUT2D eigenvalue weighted by Crippen LogP contribution is -2.32. The Morgan fingerprint density at radius 2 is 1.68 bits per heavy atom. The molecular weight excluding hydrogens is 244 g/mol. The summed E-state index contributed by atoms with van der Waals surface area (Å²) in [5, 5.41) is 21.5. The van der Waals surface area contributed by atoms with Crippen molar-refractivity contribution in [2.75, 3.05) is 0 Å². The molecule has 0 aliphatic rings. The number of nitrogens with zero attached hydrogens (tertiary/aromatic N) is 2. The molecule has 1 aromatic carbocycles. The highest BCUT2D eigenvalue weighted by atomic mass is 16.6. The summed E-state index contributed by atoms with van der Waals surface area (Å²) in [6.07, 6.45) is 5.21. The topological polar surface area (TPSA) is 70.1 Å². The van der Waals surface area contributed by atoms with Crippen LogP contribution in [-0.2, 0) is 13.0 Å². The minimum atomic E-state index is -0.408. The molecule has 5 nitrogen and oxygen atoms in total. The third kappa shape index (κ3) is 3.77. The lowest BCUT2D eigenvalue weighted by atomic mass is 10.1. The Morgan fingerprint density at radius 1 is 1.05 bits per heavy atom. The van der Waals surface area contributed by atoms with Crippen LogP contribution in [0.4, 0.5) is 5.69 Å². The van der Waals surface area contributed by atoms with E-state index >= 15 is 0 Å². The van der Waals surface area contributed by atoms with Crippen LogP contribution in [0.15, 0.2) is 48.8 Å². The molecule has 0 amide bonds. The first-order valence-electron chi connectivity index (χ1n) is 6.04. The van der Waals surface area contributed by atoms with E-state index in [2.05, 4.69) is 0 Å². The lowest BCUT2D eigenvalue weighted by molar-refractivity contribution is -0.697. The van der Waals surface area contributed by atoms with Crippen LogP contribution in [0.2, 0.25) is 0 Å². The summed E-state index contributed by atoms with van der Waals surface area (Å²) in [6.45, 7) is 0.789. The fourth-order valence-corrected chi connectivity index (χ4v) is 1.84. The van der Waals surface area contributed by atoms with E-state index in [-0.39, 0.29) is 11.4 Å². The summed E-state index contributed by atoms with van der Waals surface area (Å²) in [6, 6.07) is 9.78. The third-order valence-corrected chi connectivity index (χ3v) is 2.89. The number of hydrogen-bond acceptors (Lipinski definition) is 3. The Morgan fingerprint density at radius 3 is 2.26 bits per heavy atom. The number of benzene rings is 1. The maximum Gasteiger partial charge on any atom is 0.281 e. The van der Waals surface area contributed by atoms with Crippen molar-refractivity contribution in [2.24, 2.45) is 0 Å². The molecule has 0 aliphatic carbocycles. The SMILES string of the molecule is O=[N+]([O-])c1cc[n+](CCCc2ccc([O-])cc2)cc1. The maximum absolute atomic E-state index is 10.9. The second kappa shape index (κ2) is 5.95. The van der Waals surface area contributed by atoms with Crippen molar-refractivity contribution < 1.29 is 14.6 Å². The zero-order valence-corrected chi connectivity index (χ0v) is 10.4. The molecule has 0 aliphatic heterocycles. The van der Waals surface area contributed by atoms with Gasteiger partial charge in [0.2, 0.25) is 0 Å². The highest BCUT2D eigenvalue weighted by Gasteiger charge is 2.07. The summed E-state index contributed by atoms with van der Waals surface area (Å²) >= 11 is 0. The van der Waals surface area contributed by atoms with E-state index in [4.69, 9.17) is 0 Å². The fourth-order valence-electron chi connectivity index (χ4n) is 1.84. The third-order valence-electron chi connectivity index (χ3n) is 2.89. The monoisotopic (exact) mass is 258 g/mol. The Labute approximate surface area is 110 Å². The number of hydrogen-bond donors (Lipinski definition) is 0. The van der Waals surface area contributed by atoms with Crippen LogP contribution in [0.5, 0.6) is 5.75 Å². The van der Waals surface area contributed by atoms with E-state index in [0.29, 0.717) is 0 Å². The van der Waals surface area contributed by atoms with E-state index < -0.39 is 4.92 Å². The molecular formula is C14H14N2O3. The van der Waals surface area contributed by atoms with Crippen molar-refractivity contribution in [1.82, 2.24) is 0 Å². The van der Waals surface area contributed by atoms with Gasteiger partial charge in [-0.25, -0.2) is 4.57 Å². The van der Waals surface area contributed by atoms with E-state index in [9.17, 15) is 15.2 Å². The summed E-state index contributed by atoms with van der Waals surface area (Å²) < 4.78 is 1.91. The largest absolute Gasteiger partial charge is 0.872 e. The molecule has 1 aromatic heterocycles. The van der Waals surface area contributed by atoms with Crippen molar-refractivity contribution in [2.45, 2.75) is 19.4 Å². The molecule has 0 saturated carbocycles. The van der Waals surface area contributed by atoms with Crippen molar-refractivity contribution in [3.63, 3.8) is 0 Å². The van der Waals surface area contributed by atoms with Crippen molar-refractivity contribution in [1.29, 1.82) is 0 Å². The average molecular weight is 258 g/mol. The molecule has 0 spiro atoms. The summed E-state index contributed by atoms with van der Waals surface area (Å²) in [7, 11) is 0. The van der Waals surface area contributed by atoms with Crippen LogP contribution in [-0.4, -0.2) is 4.92 Å². The molecule has 0 atom stereocenters. The van der Waals surface area contributed by atoms with Crippen LogP contribution in [0.1, 0.15) is 12.0 Å². The smallest absolute Gasteiger partial charge is 0.281 e. The van der Waals surface area contributed by atoms with Gasteiger partial charge < -0.3 is 5.11 Å². The lowest BCUT2D eigenvalue weighted by Gasteiger charge is -2.05. The Bertz CT molecular complexity index is 550. The predicted octanol–water partition coefficient (Wildman–Crippen LogP) is 1.59. The first-order valence-corrected chi connectivity index (χ1v) is 6.04. The number of nitro groups is 1. The molecule has 0 saturated heterocycles. The quantitative estimate of drug-likeness (QED) is 0.464. The first-order chi connectivity index (χ1) is 9.15. The standard InChI is InChI=1S/C14H14N2O3/c17-14-5-3-12(4-6-14)2-1-9-15-10-7-13(8-11-15)16(18)19/h3-8,10-11H,1-2,9H2. The molecule has 5 heteroatoms. The van der Waals surface area contributed by atoms with Gasteiger partial charge in [-0.15, -0.1) is 5.75 Å². The zero-order valence-electron chi connectivity index (χ0n) is 10.4. The van der Waals surface area contributed by atoms with Gasteiger partial charge in [-0.2, -0.15) is 0 Å². The first kappa shape index (κ1) is 13.0. The van der Waals surface area contributed by atoms with Crippen molar-refractivity contribution in [3.05, 3.63) is 64.5 Å². The van der Waals surface area contributed by atoms with Gasteiger partial charge in [0.05, 0.1) is 17.1 Å². The summed E-state index contributed by atoms with van der Waals surface area (Å²) in [5.74, 6) is 0.0218. The van der Waals surface area contributed by atoms with Gasteiger partial charge in [0.25, 0.3) is 5.69 Å². The van der Waals surface area contributed by atoms with Gasteiger partial charge in [-0.1, -0.05) is 24.3 Å². The maximum atomic E-state index is 10.9. The number of aryl methyl sites for hydroxylation is 2. The van der Waals surface area contributed by atoms with Crippen LogP contribution in [0, 0.1) is 10.1 Å². The minimum Gasteiger partial charge on any atom is -0.872 e. The second-order valence-corrected chi connectivity index (χ2v) is 4.30. The van der Waals surface area contributed by atoms with Crippen LogP contribution < -0.4 is 9.67 Å². The van der Waals surface area contributed by atoms with Crippen molar-refractivity contribution in [3.8, 4) is 5.75 Å². The fraction of sp³-hybridized carbons (Fsp3) is 0.214. The molecule has 1 heterocycles. The van der Waals surface area contributed by atoms with Gasteiger partial charge in [-0.3, -0.25) is 10.1 Å². The molecule has 0 N–H and O–H groups in total. The van der Waals surface area contributed by atoms with Crippen LogP contribution in [0.25, 0.3) is 0 Å². The zero-order chi connectivity index (χ0) is 13.7. The summed E-state index contributed by atoms with van der Waals surface area (Å²) in [4.78, 5) is 10.1. The van der Waals surface area contributed by atoms with Gasteiger partial charge in [0.1, 0.15) is 6.54 Å². The predicted molar refractivity (Wildman–Crippen MR) is 67.5 cm³/mol. The van der Waals surface area contributed by atoms with Crippen LogP contribution in [0.3, 0.4) is 0 Å². The van der Waals surface area contributed by atoms with Crippen molar-refractivity contribution >= 4 is 5.69 Å². The van der Waals surface area contributed by atoms with Gasteiger partial charge in [0.15, 0.2) is 12.4 Å². The molecule has 98 valence electrons. The molecule has 0 unspecified atom stereocenters. The number of aromatic nitrogens is 1. The van der Waals surface area contributed by atoms with Gasteiger partial charge in [0, 0.05) is 6.42 Å². The molecule has 2 rings (SSSR count). The number of pyridine rings is 1. The molecule has 0 bridgehead atoms. The van der Waals surface area contributed by atoms with E-state index in [1.54, 1.807) is 24.5 Å². The molecule has 19 heavy (non-hydrogen) atoms. The van der Waals surface area contributed by atoms with E-state index in [1.165, 1.54) is 12.1 Å².